The number of carbonyl (C=O) groups is 1. The molecule has 25 heavy (non-hydrogen) atoms. The number of nitrogens with zero attached hydrogens (tertiary/aromatic N) is 3. The predicted molar refractivity (Wildman–Crippen MR) is 96.0 cm³/mol. The Labute approximate surface area is 148 Å². The summed E-state index contributed by atoms with van der Waals surface area (Å²) in [5, 5.41) is 4.37. The molecule has 0 N–H and O–H groups in total. The van der Waals surface area contributed by atoms with Crippen molar-refractivity contribution in [2.45, 2.75) is 39.5 Å². The fourth-order valence-corrected chi connectivity index (χ4v) is 3.75. The standard InChI is InChI=1S/C20H26FN3O/c1-14-19(15(2)23(3)22-14)20(25)24-12-4-5-17(13-24)7-6-16-8-10-18(21)11-9-16/h8-11,17H,4-7,12-13H2,1-3H3. The molecule has 0 aliphatic carbocycles. The lowest BCUT2D eigenvalue weighted by Crippen LogP contribution is -2.40. The first kappa shape index (κ1) is 17.6. The van der Waals surface area contributed by atoms with Crippen LogP contribution in [-0.2, 0) is 13.5 Å². The number of hydrogen-bond acceptors (Lipinski definition) is 2. The lowest BCUT2D eigenvalue weighted by Gasteiger charge is -2.33. The number of halogens is 1. The molecule has 1 aromatic carbocycles. The van der Waals surface area contributed by atoms with E-state index in [0.29, 0.717) is 5.92 Å². The first-order chi connectivity index (χ1) is 12.0. The second kappa shape index (κ2) is 7.38. The Bertz CT molecular complexity index is 751. The maximum absolute atomic E-state index is 13.0. The molecule has 1 saturated heterocycles. The minimum atomic E-state index is -0.194. The van der Waals surface area contributed by atoms with E-state index in [1.54, 1.807) is 4.68 Å². The Morgan fingerprint density at radius 1 is 1.28 bits per heavy atom. The molecule has 0 radical (unpaired) electrons. The van der Waals surface area contributed by atoms with Gasteiger partial charge in [0.25, 0.3) is 5.91 Å². The molecule has 0 saturated carbocycles. The zero-order valence-electron chi connectivity index (χ0n) is 15.3. The van der Waals surface area contributed by atoms with Crippen molar-refractivity contribution >= 4 is 5.91 Å². The molecule has 2 heterocycles. The Morgan fingerprint density at radius 3 is 2.64 bits per heavy atom. The van der Waals surface area contributed by atoms with Gasteiger partial charge < -0.3 is 4.90 Å². The molecule has 2 aromatic rings. The Balaban J connectivity index is 1.62. The molecule has 1 aromatic heterocycles. The van der Waals surface area contributed by atoms with E-state index in [9.17, 15) is 9.18 Å². The van der Waals surface area contributed by atoms with E-state index in [1.165, 1.54) is 12.1 Å². The van der Waals surface area contributed by atoms with Gasteiger partial charge in [0, 0.05) is 25.8 Å². The van der Waals surface area contributed by atoms with Crippen molar-refractivity contribution in [3.8, 4) is 0 Å². The normalized spacial score (nSPS) is 17.8. The number of amides is 1. The Morgan fingerprint density at radius 2 is 2.00 bits per heavy atom. The van der Waals surface area contributed by atoms with Crippen LogP contribution in [0.15, 0.2) is 24.3 Å². The summed E-state index contributed by atoms with van der Waals surface area (Å²) in [5.41, 5.74) is 3.64. The van der Waals surface area contributed by atoms with E-state index in [-0.39, 0.29) is 11.7 Å². The van der Waals surface area contributed by atoms with Gasteiger partial charge in [-0.25, -0.2) is 4.39 Å². The number of aryl methyl sites for hydroxylation is 3. The number of hydrogen-bond donors (Lipinski definition) is 0. The lowest BCUT2D eigenvalue weighted by molar-refractivity contribution is 0.0666. The molecule has 1 amide bonds. The molecule has 3 rings (SSSR count). The summed E-state index contributed by atoms with van der Waals surface area (Å²) in [7, 11) is 1.88. The third kappa shape index (κ3) is 3.91. The molecule has 1 atom stereocenters. The molecule has 1 unspecified atom stereocenters. The molecule has 5 heteroatoms. The van der Waals surface area contributed by atoms with E-state index in [4.69, 9.17) is 0 Å². The topological polar surface area (TPSA) is 38.1 Å². The van der Waals surface area contributed by atoms with Crippen molar-refractivity contribution in [2.75, 3.05) is 13.1 Å². The minimum absolute atomic E-state index is 0.106. The average Bonchev–Trinajstić information content (AvgIpc) is 2.86. The fourth-order valence-electron chi connectivity index (χ4n) is 3.75. The van der Waals surface area contributed by atoms with Crippen LogP contribution in [-0.4, -0.2) is 33.7 Å². The highest BCUT2D eigenvalue weighted by molar-refractivity contribution is 5.96. The largest absolute Gasteiger partial charge is 0.338 e. The van der Waals surface area contributed by atoms with Crippen molar-refractivity contribution in [3.63, 3.8) is 0 Å². The van der Waals surface area contributed by atoms with Crippen LogP contribution >= 0.6 is 0 Å². The first-order valence-electron chi connectivity index (χ1n) is 8.99. The SMILES string of the molecule is Cc1nn(C)c(C)c1C(=O)N1CCCC(CCc2ccc(F)cc2)C1. The van der Waals surface area contributed by atoms with Gasteiger partial charge in [0.05, 0.1) is 11.3 Å². The number of benzene rings is 1. The second-order valence-electron chi connectivity index (χ2n) is 7.09. The van der Waals surface area contributed by atoms with Crippen LogP contribution in [0.1, 0.15) is 46.6 Å². The van der Waals surface area contributed by atoms with Crippen molar-refractivity contribution in [3.05, 3.63) is 52.6 Å². The number of rotatable bonds is 4. The molecule has 4 nitrogen and oxygen atoms in total. The van der Waals surface area contributed by atoms with Crippen molar-refractivity contribution < 1.29 is 9.18 Å². The monoisotopic (exact) mass is 343 g/mol. The summed E-state index contributed by atoms with van der Waals surface area (Å²) in [5.74, 6) is 0.412. The average molecular weight is 343 g/mol. The Kier molecular flexibility index (Phi) is 5.21. The van der Waals surface area contributed by atoms with E-state index >= 15 is 0 Å². The fraction of sp³-hybridized carbons (Fsp3) is 0.500. The maximum Gasteiger partial charge on any atom is 0.257 e. The van der Waals surface area contributed by atoms with Crippen LogP contribution in [0.25, 0.3) is 0 Å². The number of carbonyl (C=O) groups excluding carboxylic acids is 1. The maximum atomic E-state index is 13.0. The molecule has 0 spiro atoms. The van der Waals surface area contributed by atoms with Crippen LogP contribution in [0.3, 0.4) is 0 Å². The molecular formula is C20H26FN3O. The lowest BCUT2D eigenvalue weighted by atomic mass is 9.91. The van der Waals surface area contributed by atoms with E-state index < -0.39 is 0 Å². The van der Waals surface area contributed by atoms with Crippen molar-refractivity contribution in [1.82, 2.24) is 14.7 Å². The van der Waals surface area contributed by atoms with E-state index in [0.717, 1.165) is 61.3 Å². The summed E-state index contributed by atoms with van der Waals surface area (Å²) in [6, 6.07) is 6.73. The van der Waals surface area contributed by atoms with Gasteiger partial charge in [-0.2, -0.15) is 5.10 Å². The number of likely N-dealkylation sites (tertiary alicyclic amines) is 1. The van der Waals surface area contributed by atoms with Crippen LogP contribution in [0.4, 0.5) is 4.39 Å². The molecule has 1 fully saturated rings. The molecule has 1 aliphatic heterocycles. The van der Waals surface area contributed by atoms with Gasteiger partial charge in [0.15, 0.2) is 0 Å². The number of piperidine rings is 1. The van der Waals surface area contributed by atoms with Gasteiger partial charge in [-0.3, -0.25) is 9.48 Å². The summed E-state index contributed by atoms with van der Waals surface area (Å²) in [4.78, 5) is 14.9. The third-order valence-corrected chi connectivity index (χ3v) is 5.28. The molecular weight excluding hydrogens is 317 g/mol. The highest BCUT2D eigenvalue weighted by Crippen LogP contribution is 2.24. The van der Waals surface area contributed by atoms with Crippen LogP contribution in [0.2, 0.25) is 0 Å². The van der Waals surface area contributed by atoms with Crippen molar-refractivity contribution in [1.29, 1.82) is 0 Å². The van der Waals surface area contributed by atoms with Crippen LogP contribution in [0.5, 0.6) is 0 Å². The quantitative estimate of drug-likeness (QED) is 0.850. The summed E-state index contributed by atoms with van der Waals surface area (Å²) in [6.07, 6.45) is 4.15. The minimum Gasteiger partial charge on any atom is -0.338 e. The van der Waals surface area contributed by atoms with Crippen LogP contribution < -0.4 is 0 Å². The van der Waals surface area contributed by atoms with Gasteiger partial charge in [-0.15, -0.1) is 0 Å². The van der Waals surface area contributed by atoms with Crippen LogP contribution in [0, 0.1) is 25.6 Å². The predicted octanol–water partition coefficient (Wildman–Crippen LogP) is 3.66. The first-order valence-corrected chi connectivity index (χ1v) is 8.99. The summed E-state index contributed by atoms with van der Waals surface area (Å²) < 4.78 is 14.8. The third-order valence-electron chi connectivity index (χ3n) is 5.28. The second-order valence-corrected chi connectivity index (χ2v) is 7.09. The van der Waals surface area contributed by atoms with Gasteiger partial charge in [0.1, 0.15) is 5.82 Å². The summed E-state index contributed by atoms with van der Waals surface area (Å²) >= 11 is 0. The van der Waals surface area contributed by atoms with Crippen molar-refractivity contribution in [2.24, 2.45) is 13.0 Å². The smallest absolute Gasteiger partial charge is 0.257 e. The van der Waals surface area contributed by atoms with Gasteiger partial charge in [0.2, 0.25) is 0 Å². The van der Waals surface area contributed by atoms with E-state index in [2.05, 4.69) is 5.10 Å². The molecule has 134 valence electrons. The van der Waals surface area contributed by atoms with Gasteiger partial charge in [-0.05, 0) is 63.1 Å². The summed E-state index contributed by atoms with van der Waals surface area (Å²) in [6.45, 7) is 5.47. The zero-order chi connectivity index (χ0) is 18.0. The molecule has 1 aliphatic rings. The van der Waals surface area contributed by atoms with E-state index in [1.807, 2.05) is 37.9 Å². The van der Waals surface area contributed by atoms with Gasteiger partial charge in [-0.1, -0.05) is 12.1 Å². The zero-order valence-corrected chi connectivity index (χ0v) is 15.3. The Hall–Kier alpha value is -2.17. The molecule has 0 bridgehead atoms. The number of aromatic nitrogens is 2. The highest BCUT2D eigenvalue weighted by atomic mass is 19.1. The van der Waals surface area contributed by atoms with Gasteiger partial charge >= 0.3 is 0 Å². The highest BCUT2D eigenvalue weighted by Gasteiger charge is 2.27.